The van der Waals surface area contributed by atoms with Crippen molar-refractivity contribution in [3.63, 3.8) is 0 Å². The van der Waals surface area contributed by atoms with Gasteiger partial charge in [-0.2, -0.15) is 4.31 Å². The summed E-state index contributed by atoms with van der Waals surface area (Å²) in [6.45, 7) is 2.96. The van der Waals surface area contributed by atoms with Crippen LogP contribution in [0.1, 0.15) is 19.5 Å². The third kappa shape index (κ3) is 4.19. The van der Waals surface area contributed by atoms with Crippen molar-refractivity contribution in [1.29, 1.82) is 0 Å². The first kappa shape index (κ1) is 17.5. The standard InChI is InChI=1S/C12H17N3O4S2/c1-8(2)15(7-11(16)19-3)21(17,18)9-4-5-10(12(13)20)14-6-9/h4-6,8H,7H2,1-3H3,(H2,13,20). The van der Waals surface area contributed by atoms with Crippen LogP contribution < -0.4 is 5.73 Å². The van der Waals surface area contributed by atoms with Gasteiger partial charge in [-0.05, 0) is 26.0 Å². The van der Waals surface area contributed by atoms with E-state index in [2.05, 4.69) is 9.72 Å². The Labute approximate surface area is 129 Å². The minimum atomic E-state index is -3.86. The van der Waals surface area contributed by atoms with E-state index in [9.17, 15) is 13.2 Å². The van der Waals surface area contributed by atoms with E-state index in [0.29, 0.717) is 5.69 Å². The van der Waals surface area contributed by atoms with Crippen LogP contribution in [-0.2, 0) is 19.6 Å². The van der Waals surface area contributed by atoms with Crippen molar-refractivity contribution in [3.05, 3.63) is 24.0 Å². The largest absolute Gasteiger partial charge is 0.468 e. The Morgan fingerprint density at radius 1 is 1.48 bits per heavy atom. The van der Waals surface area contributed by atoms with E-state index >= 15 is 0 Å². The van der Waals surface area contributed by atoms with Crippen LogP contribution in [0.2, 0.25) is 0 Å². The highest BCUT2D eigenvalue weighted by Gasteiger charge is 2.29. The number of hydrogen-bond donors (Lipinski definition) is 1. The summed E-state index contributed by atoms with van der Waals surface area (Å²) in [6.07, 6.45) is 1.16. The van der Waals surface area contributed by atoms with E-state index in [4.69, 9.17) is 18.0 Å². The quantitative estimate of drug-likeness (QED) is 0.590. The average Bonchev–Trinajstić information content (AvgIpc) is 2.43. The molecular weight excluding hydrogens is 314 g/mol. The van der Waals surface area contributed by atoms with Gasteiger partial charge in [-0.15, -0.1) is 0 Å². The van der Waals surface area contributed by atoms with Crippen LogP contribution in [0, 0.1) is 0 Å². The number of esters is 1. The lowest BCUT2D eigenvalue weighted by Crippen LogP contribution is -2.41. The molecule has 0 unspecified atom stereocenters. The highest BCUT2D eigenvalue weighted by Crippen LogP contribution is 2.17. The molecular formula is C12H17N3O4S2. The molecule has 1 heterocycles. The first-order valence-corrected chi connectivity index (χ1v) is 7.89. The molecule has 0 aliphatic carbocycles. The summed E-state index contributed by atoms with van der Waals surface area (Å²) in [5, 5.41) is 0. The molecule has 1 aromatic heterocycles. The fourth-order valence-electron chi connectivity index (χ4n) is 1.55. The van der Waals surface area contributed by atoms with Gasteiger partial charge in [0.2, 0.25) is 10.0 Å². The SMILES string of the molecule is COC(=O)CN(C(C)C)S(=O)(=O)c1ccc(C(N)=S)nc1. The minimum absolute atomic E-state index is 0.0416. The molecule has 0 fully saturated rings. The Kier molecular flexibility index (Phi) is 5.76. The summed E-state index contributed by atoms with van der Waals surface area (Å²) in [6, 6.07) is 2.36. The molecule has 0 aliphatic rings. The van der Waals surface area contributed by atoms with Gasteiger partial charge in [0.25, 0.3) is 0 Å². The monoisotopic (exact) mass is 331 g/mol. The number of carbonyl (C=O) groups excluding carboxylic acids is 1. The number of rotatable bonds is 6. The Morgan fingerprint density at radius 3 is 2.48 bits per heavy atom. The van der Waals surface area contributed by atoms with Gasteiger partial charge in [0.1, 0.15) is 16.4 Å². The van der Waals surface area contributed by atoms with E-state index in [1.54, 1.807) is 13.8 Å². The molecule has 1 rings (SSSR count). The number of methoxy groups -OCH3 is 1. The summed E-state index contributed by atoms with van der Waals surface area (Å²) >= 11 is 4.76. The normalized spacial score (nSPS) is 11.7. The lowest BCUT2D eigenvalue weighted by atomic mass is 10.3. The van der Waals surface area contributed by atoms with E-state index in [1.165, 1.54) is 19.2 Å². The van der Waals surface area contributed by atoms with Gasteiger partial charge < -0.3 is 10.5 Å². The van der Waals surface area contributed by atoms with Gasteiger partial charge in [-0.1, -0.05) is 12.2 Å². The molecule has 0 saturated carbocycles. The summed E-state index contributed by atoms with van der Waals surface area (Å²) in [4.78, 5) is 15.3. The molecule has 0 amide bonds. The van der Waals surface area contributed by atoms with Crippen LogP contribution in [0.3, 0.4) is 0 Å². The lowest BCUT2D eigenvalue weighted by molar-refractivity contribution is -0.141. The zero-order chi connectivity index (χ0) is 16.2. The van der Waals surface area contributed by atoms with Gasteiger partial charge in [-0.3, -0.25) is 9.78 Å². The van der Waals surface area contributed by atoms with Crippen LogP contribution in [0.4, 0.5) is 0 Å². The fraction of sp³-hybridized carbons (Fsp3) is 0.417. The molecule has 1 aromatic rings. The Bertz CT molecular complexity index is 626. The summed E-state index contributed by atoms with van der Waals surface area (Å²) in [5.41, 5.74) is 5.74. The molecule has 0 radical (unpaired) electrons. The van der Waals surface area contributed by atoms with Crippen LogP contribution in [0.15, 0.2) is 23.2 Å². The summed E-state index contributed by atoms with van der Waals surface area (Å²) in [7, 11) is -2.66. The Hall–Kier alpha value is -1.58. The van der Waals surface area contributed by atoms with Crippen molar-refractivity contribution < 1.29 is 17.9 Å². The number of thiocarbonyl (C=S) groups is 1. The van der Waals surface area contributed by atoms with Crippen LogP contribution in [-0.4, -0.2) is 48.4 Å². The third-order valence-corrected chi connectivity index (χ3v) is 4.90. The second-order valence-corrected chi connectivity index (χ2v) is 6.79. The van der Waals surface area contributed by atoms with E-state index < -0.39 is 22.0 Å². The lowest BCUT2D eigenvalue weighted by Gasteiger charge is -2.24. The smallest absolute Gasteiger partial charge is 0.321 e. The predicted molar refractivity (Wildman–Crippen MR) is 81.2 cm³/mol. The first-order chi connectivity index (χ1) is 9.70. The number of hydrogen-bond acceptors (Lipinski definition) is 6. The first-order valence-electron chi connectivity index (χ1n) is 6.04. The molecule has 116 valence electrons. The number of ether oxygens (including phenoxy) is 1. The maximum absolute atomic E-state index is 12.5. The van der Waals surface area contributed by atoms with Crippen LogP contribution in [0.25, 0.3) is 0 Å². The van der Waals surface area contributed by atoms with Gasteiger partial charge in [0.05, 0.1) is 12.8 Å². The second kappa shape index (κ2) is 6.92. The van der Waals surface area contributed by atoms with Crippen LogP contribution >= 0.6 is 12.2 Å². The summed E-state index contributed by atoms with van der Waals surface area (Å²) < 4.78 is 30.6. The van der Waals surface area contributed by atoms with Gasteiger partial charge >= 0.3 is 5.97 Å². The number of nitrogens with two attached hydrogens (primary N) is 1. The van der Waals surface area contributed by atoms with Crippen molar-refractivity contribution in [2.45, 2.75) is 24.8 Å². The number of aromatic nitrogens is 1. The molecule has 0 spiro atoms. The van der Waals surface area contributed by atoms with Gasteiger partial charge in [0, 0.05) is 12.2 Å². The van der Waals surface area contributed by atoms with Crippen molar-refractivity contribution in [2.24, 2.45) is 5.73 Å². The molecule has 0 saturated heterocycles. The van der Waals surface area contributed by atoms with E-state index in [-0.39, 0.29) is 16.4 Å². The average molecular weight is 331 g/mol. The predicted octanol–water partition coefficient (Wildman–Crippen LogP) is 0.288. The summed E-state index contributed by atoms with van der Waals surface area (Å²) in [5.74, 6) is -0.639. The molecule has 0 aromatic carbocycles. The van der Waals surface area contributed by atoms with E-state index in [1.807, 2.05) is 0 Å². The molecule has 0 aliphatic heterocycles. The van der Waals surface area contributed by atoms with Crippen LogP contribution in [0.5, 0.6) is 0 Å². The molecule has 21 heavy (non-hydrogen) atoms. The number of pyridine rings is 1. The number of carbonyl (C=O) groups is 1. The molecule has 2 N–H and O–H groups in total. The van der Waals surface area contributed by atoms with Gasteiger partial charge in [0.15, 0.2) is 0 Å². The van der Waals surface area contributed by atoms with Crippen molar-refractivity contribution in [1.82, 2.24) is 9.29 Å². The van der Waals surface area contributed by atoms with Gasteiger partial charge in [-0.25, -0.2) is 8.42 Å². The zero-order valence-electron chi connectivity index (χ0n) is 11.9. The number of nitrogens with zero attached hydrogens (tertiary/aromatic N) is 2. The zero-order valence-corrected chi connectivity index (χ0v) is 13.6. The highest BCUT2D eigenvalue weighted by atomic mass is 32.2. The van der Waals surface area contributed by atoms with Crippen molar-refractivity contribution >= 4 is 33.2 Å². The van der Waals surface area contributed by atoms with E-state index in [0.717, 1.165) is 10.5 Å². The fourth-order valence-corrected chi connectivity index (χ4v) is 3.20. The minimum Gasteiger partial charge on any atom is -0.468 e. The van der Waals surface area contributed by atoms with Crippen molar-refractivity contribution in [2.75, 3.05) is 13.7 Å². The Balaban J connectivity index is 3.16. The molecule has 0 bridgehead atoms. The topological polar surface area (TPSA) is 103 Å². The number of sulfonamides is 1. The highest BCUT2D eigenvalue weighted by molar-refractivity contribution is 7.89. The van der Waals surface area contributed by atoms with Crippen molar-refractivity contribution in [3.8, 4) is 0 Å². The third-order valence-electron chi connectivity index (χ3n) is 2.68. The maximum Gasteiger partial charge on any atom is 0.321 e. The second-order valence-electron chi connectivity index (χ2n) is 4.46. The molecule has 0 atom stereocenters. The maximum atomic E-state index is 12.5. The molecule has 9 heteroatoms. The Morgan fingerprint density at radius 2 is 2.10 bits per heavy atom. The molecule has 7 nitrogen and oxygen atoms in total.